The zero-order valence-electron chi connectivity index (χ0n) is 8.47. The fourth-order valence-electron chi connectivity index (χ4n) is 1.27. The average molecular weight is 185 g/mol. The van der Waals surface area contributed by atoms with Crippen molar-refractivity contribution in [1.29, 1.82) is 0 Å². The molecule has 0 rings (SSSR count). The number of unbranched alkanes of at least 4 members (excludes halogenated alkanes) is 1. The fourth-order valence-corrected chi connectivity index (χ4v) is 1.27. The zero-order valence-corrected chi connectivity index (χ0v) is 8.47. The Labute approximate surface area is 81.4 Å². The van der Waals surface area contributed by atoms with Gasteiger partial charge in [-0.05, 0) is 51.7 Å². The number of rotatable bonds is 8. The molecule has 0 amide bonds. The number of nitrogens with two attached hydrogens (primary N) is 3. The summed E-state index contributed by atoms with van der Waals surface area (Å²) in [6.45, 7) is 2.27. The van der Waals surface area contributed by atoms with Crippen molar-refractivity contribution in [2.45, 2.75) is 32.1 Å². The van der Waals surface area contributed by atoms with Crippen molar-refractivity contribution in [3.63, 3.8) is 0 Å². The normalized spacial score (nSPS) is 12.1. The van der Waals surface area contributed by atoms with Crippen molar-refractivity contribution in [2.24, 2.45) is 17.2 Å². The second-order valence-corrected chi connectivity index (χ2v) is 3.22. The van der Waals surface area contributed by atoms with Crippen LogP contribution in [0, 0.1) is 0 Å². The third kappa shape index (κ3) is 7.96. The molecule has 0 radical (unpaired) electrons. The Morgan fingerprint density at radius 2 is 1.54 bits per heavy atom. The first-order valence-electron chi connectivity index (χ1n) is 5.13. The molecule has 0 aliphatic carbocycles. The molecule has 0 atom stereocenters. The lowest BCUT2D eigenvalue weighted by Crippen LogP contribution is -2.04. The van der Waals surface area contributed by atoms with Crippen LogP contribution in [0.5, 0.6) is 0 Å². The summed E-state index contributed by atoms with van der Waals surface area (Å²) in [4.78, 5) is 0. The maximum atomic E-state index is 5.51. The standard InChI is InChI=1S/C10H23N3/c11-7-2-1-4-10(6-9-13)5-3-8-12/h4H,1-3,5-9,11-13H2. The Balaban J connectivity index is 3.69. The molecule has 3 heteroatoms. The molecule has 0 spiro atoms. The number of hydrogen-bond acceptors (Lipinski definition) is 3. The van der Waals surface area contributed by atoms with E-state index in [1.807, 2.05) is 0 Å². The first-order valence-corrected chi connectivity index (χ1v) is 5.13. The highest BCUT2D eigenvalue weighted by Gasteiger charge is 1.95. The molecule has 0 aliphatic rings. The van der Waals surface area contributed by atoms with Crippen LogP contribution in [0.2, 0.25) is 0 Å². The Hall–Kier alpha value is -0.380. The van der Waals surface area contributed by atoms with Gasteiger partial charge in [-0.1, -0.05) is 11.6 Å². The van der Waals surface area contributed by atoms with Gasteiger partial charge in [-0.25, -0.2) is 0 Å². The van der Waals surface area contributed by atoms with Crippen LogP contribution in [0.3, 0.4) is 0 Å². The lowest BCUT2D eigenvalue weighted by Gasteiger charge is -2.04. The summed E-state index contributed by atoms with van der Waals surface area (Å²) in [5.41, 5.74) is 17.8. The van der Waals surface area contributed by atoms with E-state index < -0.39 is 0 Å². The Morgan fingerprint density at radius 1 is 0.846 bits per heavy atom. The summed E-state index contributed by atoms with van der Waals surface area (Å²) in [7, 11) is 0. The van der Waals surface area contributed by atoms with Crippen LogP contribution in [-0.4, -0.2) is 19.6 Å². The molecule has 0 heterocycles. The summed E-state index contributed by atoms with van der Waals surface area (Å²) in [6, 6.07) is 0. The molecule has 0 saturated carbocycles. The van der Waals surface area contributed by atoms with Crippen LogP contribution in [0.1, 0.15) is 32.1 Å². The summed E-state index contributed by atoms with van der Waals surface area (Å²) in [5, 5.41) is 0. The van der Waals surface area contributed by atoms with Crippen LogP contribution < -0.4 is 17.2 Å². The predicted octanol–water partition coefficient (Wildman–Crippen LogP) is 0.739. The summed E-state index contributed by atoms with van der Waals surface area (Å²) < 4.78 is 0. The minimum absolute atomic E-state index is 0.735. The molecular weight excluding hydrogens is 162 g/mol. The maximum Gasteiger partial charge on any atom is -0.00399 e. The monoisotopic (exact) mass is 185 g/mol. The van der Waals surface area contributed by atoms with E-state index in [1.165, 1.54) is 5.57 Å². The molecule has 0 unspecified atom stereocenters. The predicted molar refractivity (Wildman–Crippen MR) is 58.3 cm³/mol. The van der Waals surface area contributed by atoms with E-state index in [0.717, 1.165) is 51.7 Å². The average Bonchev–Trinajstić information content (AvgIpc) is 2.14. The van der Waals surface area contributed by atoms with Gasteiger partial charge in [-0.2, -0.15) is 0 Å². The zero-order chi connectivity index (χ0) is 9.94. The molecule has 0 aromatic carbocycles. The second-order valence-electron chi connectivity index (χ2n) is 3.22. The van der Waals surface area contributed by atoms with Gasteiger partial charge in [0.1, 0.15) is 0 Å². The van der Waals surface area contributed by atoms with Gasteiger partial charge in [0.05, 0.1) is 0 Å². The maximum absolute atomic E-state index is 5.51. The lowest BCUT2D eigenvalue weighted by molar-refractivity contribution is 0.763. The first kappa shape index (κ1) is 12.6. The van der Waals surface area contributed by atoms with E-state index in [-0.39, 0.29) is 0 Å². The fraction of sp³-hybridized carbons (Fsp3) is 0.800. The number of allylic oxidation sites excluding steroid dienone is 1. The lowest BCUT2D eigenvalue weighted by atomic mass is 10.0. The van der Waals surface area contributed by atoms with Crippen LogP contribution in [-0.2, 0) is 0 Å². The largest absolute Gasteiger partial charge is 0.330 e. The third-order valence-corrected chi connectivity index (χ3v) is 2.01. The molecule has 6 N–H and O–H groups in total. The van der Waals surface area contributed by atoms with Gasteiger partial charge < -0.3 is 17.2 Å². The van der Waals surface area contributed by atoms with E-state index in [4.69, 9.17) is 17.2 Å². The van der Waals surface area contributed by atoms with E-state index in [9.17, 15) is 0 Å². The van der Waals surface area contributed by atoms with Crippen molar-refractivity contribution in [2.75, 3.05) is 19.6 Å². The smallest absolute Gasteiger partial charge is 0.00399 e. The minimum Gasteiger partial charge on any atom is -0.330 e. The summed E-state index contributed by atoms with van der Waals surface area (Å²) in [5.74, 6) is 0. The molecule has 0 aliphatic heterocycles. The van der Waals surface area contributed by atoms with Gasteiger partial charge in [-0.3, -0.25) is 0 Å². The van der Waals surface area contributed by atoms with Crippen LogP contribution in [0.15, 0.2) is 11.6 Å². The van der Waals surface area contributed by atoms with Crippen molar-refractivity contribution < 1.29 is 0 Å². The topological polar surface area (TPSA) is 78.1 Å². The van der Waals surface area contributed by atoms with Gasteiger partial charge in [-0.15, -0.1) is 0 Å². The molecule has 0 aromatic rings. The van der Waals surface area contributed by atoms with Gasteiger partial charge in [0.15, 0.2) is 0 Å². The highest BCUT2D eigenvalue weighted by Crippen LogP contribution is 2.10. The van der Waals surface area contributed by atoms with Crippen molar-refractivity contribution >= 4 is 0 Å². The first-order chi connectivity index (χ1) is 6.35. The third-order valence-electron chi connectivity index (χ3n) is 2.01. The highest BCUT2D eigenvalue weighted by molar-refractivity contribution is 5.02. The van der Waals surface area contributed by atoms with E-state index in [2.05, 4.69) is 6.08 Å². The molecule has 0 bridgehead atoms. The van der Waals surface area contributed by atoms with Crippen LogP contribution >= 0.6 is 0 Å². The molecular formula is C10H23N3. The van der Waals surface area contributed by atoms with Gasteiger partial charge in [0.25, 0.3) is 0 Å². The van der Waals surface area contributed by atoms with E-state index in [1.54, 1.807) is 0 Å². The highest BCUT2D eigenvalue weighted by atomic mass is 14.5. The Bertz CT molecular complexity index is 132. The Kier molecular flexibility index (Phi) is 9.42. The van der Waals surface area contributed by atoms with Crippen molar-refractivity contribution in [3.8, 4) is 0 Å². The molecule has 0 saturated heterocycles. The van der Waals surface area contributed by atoms with Crippen molar-refractivity contribution in [3.05, 3.63) is 11.6 Å². The molecule has 0 fully saturated rings. The minimum atomic E-state index is 0.735. The SMILES string of the molecule is NCCCC=C(CCN)CCCN. The van der Waals surface area contributed by atoms with Crippen molar-refractivity contribution in [1.82, 2.24) is 0 Å². The van der Waals surface area contributed by atoms with Gasteiger partial charge in [0.2, 0.25) is 0 Å². The van der Waals surface area contributed by atoms with E-state index in [0.29, 0.717) is 0 Å². The van der Waals surface area contributed by atoms with E-state index >= 15 is 0 Å². The quantitative estimate of drug-likeness (QED) is 0.385. The molecule has 3 nitrogen and oxygen atoms in total. The van der Waals surface area contributed by atoms with Gasteiger partial charge >= 0.3 is 0 Å². The summed E-state index contributed by atoms with van der Waals surface area (Å²) in [6.07, 6.45) is 7.58. The Morgan fingerprint density at radius 3 is 2.08 bits per heavy atom. The van der Waals surface area contributed by atoms with Crippen LogP contribution in [0.25, 0.3) is 0 Å². The van der Waals surface area contributed by atoms with Crippen LogP contribution in [0.4, 0.5) is 0 Å². The number of hydrogen-bond donors (Lipinski definition) is 3. The summed E-state index contributed by atoms with van der Waals surface area (Å²) >= 11 is 0. The molecule has 13 heavy (non-hydrogen) atoms. The molecule has 0 aromatic heterocycles. The second kappa shape index (κ2) is 9.71. The molecule has 78 valence electrons. The van der Waals surface area contributed by atoms with Gasteiger partial charge in [0, 0.05) is 0 Å².